The second kappa shape index (κ2) is 9.26. The third-order valence-electron chi connectivity index (χ3n) is 2.76. The van der Waals surface area contributed by atoms with Gasteiger partial charge in [0.05, 0.1) is 16.4 Å². The number of hydrogen-bond acceptors (Lipinski definition) is 5. The predicted octanol–water partition coefficient (Wildman–Crippen LogP) is 2.01. The quantitative estimate of drug-likeness (QED) is 0.644. The molecule has 0 bridgehead atoms. The molecular weight excluding hydrogens is 389 g/mol. The molecule has 0 atom stereocenters. The maximum atomic E-state index is 11.7. The van der Waals surface area contributed by atoms with Crippen LogP contribution in [0.2, 0.25) is 10.0 Å². The number of hydrogen-bond donors (Lipinski definition) is 3. The van der Waals surface area contributed by atoms with Crippen molar-refractivity contribution in [3.63, 3.8) is 0 Å². The molecule has 0 unspecified atom stereocenters. The fourth-order valence-electron chi connectivity index (χ4n) is 1.61. The van der Waals surface area contributed by atoms with Crippen LogP contribution < -0.4 is 20.9 Å². The Balaban J connectivity index is 1.67. The van der Waals surface area contributed by atoms with E-state index in [-0.39, 0.29) is 18.2 Å². The SMILES string of the molecule is O=C(COc1ccc(Cl)cc1Cl)NCC(=O)NNC(=O)c1cccs1. The molecule has 2 aromatic rings. The van der Waals surface area contributed by atoms with E-state index in [1.54, 1.807) is 23.6 Å². The van der Waals surface area contributed by atoms with Gasteiger partial charge in [-0.05, 0) is 29.6 Å². The first-order valence-corrected chi connectivity index (χ1v) is 8.56. The van der Waals surface area contributed by atoms with E-state index in [0.29, 0.717) is 15.6 Å². The topological polar surface area (TPSA) is 96.5 Å². The molecule has 0 fully saturated rings. The van der Waals surface area contributed by atoms with E-state index in [4.69, 9.17) is 27.9 Å². The number of thiophene rings is 1. The first kappa shape index (κ1) is 19.0. The first-order valence-electron chi connectivity index (χ1n) is 6.93. The molecule has 0 aliphatic heterocycles. The molecule has 132 valence electrons. The summed E-state index contributed by atoms with van der Waals surface area (Å²) < 4.78 is 5.23. The number of nitrogens with one attached hydrogen (secondary N) is 3. The fraction of sp³-hybridized carbons (Fsp3) is 0.133. The molecule has 0 saturated carbocycles. The highest BCUT2D eigenvalue weighted by Crippen LogP contribution is 2.27. The molecule has 2 rings (SSSR count). The Morgan fingerprint density at radius 2 is 1.88 bits per heavy atom. The molecule has 3 amide bonds. The first-order chi connectivity index (χ1) is 12.0. The molecule has 25 heavy (non-hydrogen) atoms. The predicted molar refractivity (Wildman–Crippen MR) is 94.9 cm³/mol. The van der Waals surface area contributed by atoms with E-state index in [0.717, 1.165) is 0 Å². The number of carbonyl (C=O) groups excluding carboxylic acids is 3. The molecule has 7 nitrogen and oxygen atoms in total. The molecule has 1 aromatic heterocycles. The molecule has 0 radical (unpaired) electrons. The van der Waals surface area contributed by atoms with Gasteiger partial charge in [-0.3, -0.25) is 25.2 Å². The van der Waals surface area contributed by atoms with E-state index in [1.165, 1.54) is 23.5 Å². The monoisotopic (exact) mass is 401 g/mol. The lowest BCUT2D eigenvalue weighted by Crippen LogP contribution is -2.46. The van der Waals surface area contributed by atoms with Gasteiger partial charge in [0.15, 0.2) is 6.61 Å². The molecule has 1 heterocycles. The number of halogens is 2. The van der Waals surface area contributed by atoms with Gasteiger partial charge in [-0.1, -0.05) is 29.3 Å². The largest absolute Gasteiger partial charge is 0.482 e. The number of ether oxygens (including phenoxy) is 1. The lowest BCUT2D eigenvalue weighted by molar-refractivity contribution is -0.127. The Labute approximate surface area is 157 Å². The molecule has 0 aliphatic carbocycles. The number of hydrazine groups is 1. The highest BCUT2D eigenvalue weighted by Gasteiger charge is 2.10. The Morgan fingerprint density at radius 1 is 1.08 bits per heavy atom. The van der Waals surface area contributed by atoms with E-state index < -0.39 is 17.7 Å². The van der Waals surface area contributed by atoms with Crippen LogP contribution in [0.1, 0.15) is 9.67 Å². The maximum Gasteiger partial charge on any atom is 0.279 e. The minimum Gasteiger partial charge on any atom is -0.482 e. The second-order valence-corrected chi connectivity index (χ2v) is 6.41. The van der Waals surface area contributed by atoms with Crippen LogP contribution in [-0.2, 0) is 9.59 Å². The zero-order chi connectivity index (χ0) is 18.2. The Morgan fingerprint density at radius 3 is 2.56 bits per heavy atom. The Bertz CT molecular complexity index is 768. The minimum atomic E-state index is -0.581. The minimum absolute atomic E-state index is 0.273. The van der Waals surface area contributed by atoms with E-state index in [1.807, 2.05) is 0 Å². The van der Waals surface area contributed by atoms with Gasteiger partial charge >= 0.3 is 0 Å². The van der Waals surface area contributed by atoms with E-state index >= 15 is 0 Å². The number of benzene rings is 1. The summed E-state index contributed by atoms with van der Waals surface area (Å²) in [4.78, 5) is 35.3. The summed E-state index contributed by atoms with van der Waals surface area (Å²) in [6.45, 7) is -0.641. The van der Waals surface area contributed by atoms with Gasteiger partial charge in [0.1, 0.15) is 5.75 Å². The van der Waals surface area contributed by atoms with Crippen LogP contribution in [-0.4, -0.2) is 30.9 Å². The molecule has 0 aliphatic rings. The molecule has 0 saturated heterocycles. The third kappa shape index (κ3) is 6.26. The lowest BCUT2D eigenvalue weighted by atomic mass is 10.3. The summed E-state index contributed by atoms with van der Waals surface area (Å²) in [5, 5.41) is 4.81. The molecular formula is C15H13Cl2N3O4S. The van der Waals surface area contributed by atoms with Crippen LogP contribution in [0, 0.1) is 0 Å². The third-order valence-corrected chi connectivity index (χ3v) is 4.16. The van der Waals surface area contributed by atoms with Gasteiger partial charge in [0, 0.05) is 5.02 Å². The van der Waals surface area contributed by atoms with Crippen molar-refractivity contribution < 1.29 is 19.1 Å². The van der Waals surface area contributed by atoms with Gasteiger partial charge < -0.3 is 10.1 Å². The van der Waals surface area contributed by atoms with Crippen molar-refractivity contribution in [3.8, 4) is 5.75 Å². The van der Waals surface area contributed by atoms with Gasteiger partial charge in [-0.15, -0.1) is 11.3 Å². The van der Waals surface area contributed by atoms with Crippen molar-refractivity contribution in [1.82, 2.24) is 16.2 Å². The molecule has 1 aromatic carbocycles. The Hall–Kier alpha value is -2.29. The van der Waals surface area contributed by atoms with Crippen molar-refractivity contribution in [2.75, 3.05) is 13.2 Å². The van der Waals surface area contributed by atoms with Crippen molar-refractivity contribution >= 4 is 52.3 Å². The lowest BCUT2D eigenvalue weighted by Gasteiger charge is -2.09. The molecule has 3 N–H and O–H groups in total. The highest BCUT2D eigenvalue weighted by atomic mass is 35.5. The Kier molecular flexibility index (Phi) is 7.05. The zero-order valence-corrected chi connectivity index (χ0v) is 15.0. The van der Waals surface area contributed by atoms with Crippen LogP contribution in [0.15, 0.2) is 35.7 Å². The van der Waals surface area contributed by atoms with Crippen LogP contribution >= 0.6 is 34.5 Å². The van der Waals surface area contributed by atoms with Crippen LogP contribution in [0.3, 0.4) is 0 Å². The van der Waals surface area contributed by atoms with Crippen LogP contribution in [0.25, 0.3) is 0 Å². The van der Waals surface area contributed by atoms with Gasteiger partial charge in [0.2, 0.25) is 0 Å². The van der Waals surface area contributed by atoms with Gasteiger partial charge in [0.25, 0.3) is 17.7 Å². The van der Waals surface area contributed by atoms with E-state index in [9.17, 15) is 14.4 Å². The highest BCUT2D eigenvalue weighted by molar-refractivity contribution is 7.12. The summed E-state index contributed by atoms with van der Waals surface area (Å²) in [7, 11) is 0. The summed E-state index contributed by atoms with van der Waals surface area (Å²) in [5.74, 6) is -1.24. The molecule has 10 heteroatoms. The van der Waals surface area contributed by atoms with E-state index in [2.05, 4.69) is 16.2 Å². The zero-order valence-electron chi connectivity index (χ0n) is 12.7. The summed E-state index contributed by atoms with van der Waals surface area (Å²) >= 11 is 12.9. The van der Waals surface area contributed by atoms with Crippen molar-refractivity contribution in [2.45, 2.75) is 0 Å². The number of carbonyl (C=O) groups is 3. The van der Waals surface area contributed by atoms with Gasteiger partial charge in [-0.25, -0.2) is 0 Å². The smallest absolute Gasteiger partial charge is 0.279 e. The molecule has 0 spiro atoms. The second-order valence-electron chi connectivity index (χ2n) is 4.62. The standard InChI is InChI=1S/C15H13Cl2N3O4S/c16-9-3-4-11(10(17)6-9)24-8-14(22)18-7-13(21)19-20-15(23)12-2-1-5-25-12/h1-6H,7-8H2,(H,18,22)(H,19,21)(H,20,23). The normalized spacial score (nSPS) is 10.0. The fourth-order valence-corrected chi connectivity index (χ4v) is 2.69. The van der Waals surface area contributed by atoms with Crippen LogP contribution in [0.5, 0.6) is 5.75 Å². The average Bonchev–Trinajstić information content (AvgIpc) is 3.11. The maximum absolute atomic E-state index is 11.7. The summed E-state index contributed by atoms with van der Waals surface area (Å²) in [5.41, 5.74) is 4.43. The summed E-state index contributed by atoms with van der Waals surface area (Å²) in [6, 6.07) is 7.93. The number of rotatable bonds is 6. The summed E-state index contributed by atoms with van der Waals surface area (Å²) in [6.07, 6.45) is 0. The average molecular weight is 402 g/mol. The van der Waals surface area contributed by atoms with Gasteiger partial charge in [-0.2, -0.15) is 0 Å². The van der Waals surface area contributed by atoms with Crippen molar-refractivity contribution in [3.05, 3.63) is 50.6 Å². The van der Waals surface area contributed by atoms with Crippen molar-refractivity contribution in [2.24, 2.45) is 0 Å². The van der Waals surface area contributed by atoms with Crippen molar-refractivity contribution in [1.29, 1.82) is 0 Å². The number of amides is 3. The van der Waals surface area contributed by atoms with Crippen LogP contribution in [0.4, 0.5) is 0 Å².